The van der Waals surface area contributed by atoms with Gasteiger partial charge in [0, 0.05) is 18.9 Å². The summed E-state index contributed by atoms with van der Waals surface area (Å²) in [6.07, 6.45) is 5.11. The Hall–Kier alpha value is -1.28. The van der Waals surface area contributed by atoms with Gasteiger partial charge in [-0.25, -0.2) is 0 Å². The molecule has 0 radical (unpaired) electrons. The van der Waals surface area contributed by atoms with Crippen LogP contribution >= 0.6 is 15.9 Å². The van der Waals surface area contributed by atoms with E-state index in [2.05, 4.69) is 22.0 Å². The summed E-state index contributed by atoms with van der Waals surface area (Å²) in [6, 6.07) is 2.30. The fourth-order valence-electron chi connectivity index (χ4n) is 1.51. The van der Waals surface area contributed by atoms with Crippen LogP contribution in [0.1, 0.15) is 12.8 Å². The van der Waals surface area contributed by atoms with Crippen molar-refractivity contribution in [1.29, 1.82) is 5.26 Å². The minimum absolute atomic E-state index is 0.201. The van der Waals surface area contributed by atoms with Crippen molar-refractivity contribution in [2.75, 3.05) is 5.73 Å². The third-order valence-corrected chi connectivity index (χ3v) is 3.20. The largest absolute Gasteiger partial charge is 0.394 e. The quantitative estimate of drug-likeness (QED) is 0.883. The number of nitrogens with zero attached hydrogens (tertiary/aromatic N) is 2. The molecule has 1 aliphatic carbocycles. The summed E-state index contributed by atoms with van der Waals surface area (Å²) in [5.74, 6) is 0. The second-order valence-corrected chi connectivity index (χ2v) is 4.81. The molecule has 0 saturated heterocycles. The van der Waals surface area contributed by atoms with Crippen molar-refractivity contribution in [2.24, 2.45) is 5.41 Å². The molecule has 0 spiro atoms. The highest BCUT2D eigenvalue weighted by Gasteiger charge is 2.43. The first-order valence-electron chi connectivity index (χ1n) is 4.63. The zero-order valence-electron chi connectivity index (χ0n) is 8.03. The van der Waals surface area contributed by atoms with Gasteiger partial charge in [-0.15, -0.1) is 0 Å². The van der Waals surface area contributed by atoms with Crippen LogP contribution in [0.4, 0.5) is 5.69 Å². The standard InChI is InChI=1S/C10H10BrN3O/c11-7-3-14(4-8(13)9(7)15)6-10(5-12)1-2-10/h3-4H,1-2,6,13H2. The summed E-state index contributed by atoms with van der Waals surface area (Å²) in [6.45, 7) is 0.604. The second-order valence-electron chi connectivity index (χ2n) is 3.96. The van der Waals surface area contributed by atoms with Crippen LogP contribution in [0.25, 0.3) is 0 Å². The van der Waals surface area contributed by atoms with E-state index in [1.165, 1.54) is 0 Å². The van der Waals surface area contributed by atoms with Gasteiger partial charge in [0.05, 0.1) is 21.6 Å². The molecule has 1 aromatic heterocycles. The van der Waals surface area contributed by atoms with Crippen LogP contribution in [-0.4, -0.2) is 4.57 Å². The number of rotatable bonds is 2. The Balaban J connectivity index is 2.31. The third kappa shape index (κ3) is 1.90. The van der Waals surface area contributed by atoms with Crippen molar-refractivity contribution in [1.82, 2.24) is 4.57 Å². The molecule has 1 aromatic rings. The summed E-state index contributed by atoms with van der Waals surface area (Å²) in [5, 5.41) is 8.94. The molecule has 78 valence electrons. The number of halogens is 1. The molecule has 15 heavy (non-hydrogen) atoms. The molecule has 0 aromatic carbocycles. The third-order valence-electron chi connectivity index (χ3n) is 2.64. The average Bonchev–Trinajstić information content (AvgIpc) is 2.95. The maximum absolute atomic E-state index is 11.3. The predicted octanol–water partition coefficient (Wildman–Crippen LogP) is 1.50. The van der Waals surface area contributed by atoms with Crippen molar-refractivity contribution in [2.45, 2.75) is 19.4 Å². The van der Waals surface area contributed by atoms with Crippen molar-refractivity contribution < 1.29 is 0 Å². The minimum Gasteiger partial charge on any atom is -0.394 e. The van der Waals surface area contributed by atoms with Crippen molar-refractivity contribution in [3.8, 4) is 6.07 Å². The first kappa shape index (κ1) is 10.2. The molecule has 1 aliphatic rings. The summed E-state index contributed by atoms with van der Waals surface area (Å²) in [5.41, 5.74) is 5.33. The van der Waals surface area contributed by atoms with Crippen LogP contribution in [0.2, 0.25) is 0 Å². The zero-order chi connectivity index (χ0) is 11.1. The van der Waals surface area contributed by atoms with Gasteiger partial charge in [-0.05, 0) is 28.8 Å². The molecule has 4 nitrogen and oxygen atoms in total. The van der Waals surface area contributed by atoms with Crippen LogP contribution in [0.15, 0.2) is 21.7 Å². The van der Waals surface area contributed by atoms with Gasteiger partial charge in [0.2, 0.25) is 5.43 Å². The maximum Gasteiger partial charge on any atom is 0.218 e. The molecule has 0 unspecified atom stereocenters. The minimum atomic E-state index is -0.235. The highest BCUT2D eigenvalue weighted by molar-refractivity contribution is 9.10. The van der Waals surface area contributed by atoms with Crippen LogP contribution in [0.5, 0.6) is 0 Å². The molecule has 0 aliphatic heterocycles. The molecule has 1 saturated carbocycles. The van der Waals surface area contributed by atoms with Crippen molar-refractivity contribution in [3.05, 3.63) is 27.1 Å². The Kier molecular flexibility index (Phi) is 2.31. The Morgan fingerprint density at radius 2 is 2.27 bits per heavy atom. The molecule has 2 rings (SSSR count). The Bertz CT molecular complexity index is 470. The Labute approximate surface area is 95.4 Å². The number of anilines is 1. The lowest BCUT2D eigenvalue weighted by molar-refractivity contribution is 0.525. The monoisotopic (exact) mass is 267 g/mol. The molecule has 2 N–H and O–H groups in total. The smallest absolute Gasteiger partial charge is 0.218 e. The van der Waals surface area contributed by atoms with E-state index in [0.717, 1.165) is 12.8 Å². The SMILES string of the molecule is N#CC1(Cn2cc(N)c(=O)c(Br)c2)CC1. The van der Waals surface area contributed by atoms with Gasteiger partial charge in [0.25, 0.3) is 0 Å². The Morgan fingerprint density at radius 1 is 1.60 bits per heavy atom. The van der Waals surface area contributed by atoms with Gasteiger partial charge < -0.3 is 10.3 Å². The van der Waals surface area contributed by atoms with Gasteiger partial charge in [0.1, 0.15) is 0 Å². The van der Waals surface area contributed by atoms with E-state index in [-0.39, 0.29) is 16.5 Å². The average molecular weight is 268 g/mol. The van der Waals surface area contributed by atoms with E-state index in [0.29, 0.717) is 11.0 Å². The predicted molar refractivity (Wildman–Crippen MR) is 60.1 cm³/mol. The van der Waals surface area contributed by atoms with Crippen LogP contribution in [0.3, 0.4) is 0 Å². The first-order valence-corrected chi connectivity index (χ1v) is 5.42. The number of nitrogen functional groups attached to an aromatic ring is 1. The first-order chi connectivity index (χ1) is 7.06. The molecule has 0 bridgehead atoms. The molecule has 1 fully saturated rings. The molecule has 0 atom stereocenters. The fourth-order valence-corrected chi connectivity index (χ4v) is 2.01. The number of hydrogen-bond donors (Lipinski definition) is 1. The fraction of sp³-hybridized carbons (Fsp3) is 0.400. The van der Waals surface area contributed by atoms with Crippen LogP contribution in [0, 0.1) is 16.7 Å². The van der Waals surface area contributed by atoms with Crippen LogP contribution in [-0.2, 0) is 6.54 Å². The highest BCUT2D eigenvalue weighted by atomic mass is 79.9. The summed E-state index contributed by atoms with van der Waals surface area (Å²) >= 11 is 3.15. The zero-order valence-corrected chi connectivity index (χ0v) is 9.62. The van der Waals surface area contributed by atoms with Gasteiger partial charge in [-0.3, -0.25) is 4.79 Å². The van der Waals surface area contributed by atoms with Gasteiger partial charge in [-0.2, -0.15) is 5.26 Å². The van der Waals surface area contributed by atoms with Crippen molar-refractivity contribution in [3.63, 3.8) is 0 Å². The molecule has 5 heteroatoms. The number of aromatic nitrogens is 1. The Morgan fingerprint density at radius 3 is 2.73 bits per heavy atom. The lowest BCUT2D eigenvalue weighted by atomic mass is 10.1. The second kappa shape index (κ2) is 3.38. The number of nitriles is 1. The summed E-state index contributed by atoms with van der Waals surface area (Å²) in [4.78, 5) is 11.3. The molecular formula is C10H10BrN3O. The topological polar surface area (TPSA) is 71.8 Å². The van der Waals surface area contributed by atoms with Gasteiger partial charge in [0.15, 0.2) is 0 Å². The maximum atomic E-state index is 11.3. The lowest BCUT2D eigenvalue weighted by Gasteiger charge is -2.10. The summed E-state index contributed by atoms with van der Waals surface area (Å²) < 4.78 is 2.24. The number of pyridine rings is 1. The van der Waals surface area contributed by atoms with Crippen molar-refractivity contribution >= 4 is 21.6 Å². The van der Waals surface area contributed by atoms with E-state index in [4.69, 9.17) is 11.0 Å². The molecular weight excluding hydrogens is 258 g/mol. The molecule has 1 heterocycles. The number of hydrogen-bond acceptors (Lipinski definition) is 3. The molecule has 0 amide bonds. The van der Waals surface area contributed by atoms with E-state index in [1.54, 1.807) is 17.0 Å². The van der Waals surface area contributed by atoms with E-state index in [9.17, 15) is 4.79 Å². The number of nitrogens with two attached hydrogens (primary N) is 1. The van der Waals surface area contributed by atoms with Crippen LogP contribution < -0.4 is 11.2 Å². The lowest BCUT2D eigenvalue weighted by Crippen LogP contribution is -2.16. The van der Waals surface area contributed by atoms with Gasteiger partial charge >= 0.3 is 0 Å². The van der Waals surface area contributed by atoms with E-state index < -0.39 is 0 Å². The normalized spacial score (nSPS) is 17.1. The van der Waals surface area contributed by atoms with E-state index >= 15 is 0 Å². The highest BCUT2D eigenvalue weighted by Crippen LogP contribution is 2.46. The van der Waals surface area contributed by atoms with E-state index in [1.807, 2.05) is 0 Å². The summed E-state index contributed by atoms with van der Waals surface area (Å²) in [7, 11) is 0. The van der Waals surface area contributed by atoms with Gasteiger partial charge in [-0.1, -0.05) is 0 Å².